The van der Waals surface area contributed by atoms with E-state index in [1.165, 1.54) is 18.4 Å². The maximum atomic E-state index is 11.5. The second-order valence-corrected chi connectivity index (χ2v) is 3.34. The van der Waals surface area contributed by atoms with Crippen LogP contribution in [0.4, 0.5) is 0 Å². The monoisotopic (exact) mass is 215 g/mol. The molecule has 1 heterocycles. The van der Waals surface area contributed by atoms with E-state index in [1.54, 1.807) is 25.1 Å². The summed E-state index contributed by atoms with van der Waals surface area (Å²) in [6, 6.07) is 3.16. The lowest BCUT2D eigenvalue weighted by Gasteiger charge is -2.02. The Morgan fingerprint density at radius 3 is 2.81 bits per heavy atom. The van der Waals surface area contributed by atoms with E-state index >= 15 is 0 Å². The van der Waals surface area contributed by atoms with Gasteiger partial charge in [0.2, 0.25) is 0 Å². The van der Waals surface area contributed by atoms with Crippen molar-refractivity contribution in [1.29, 1.82) is 0 Å². The largest absolute Gasteiger partial charge is 0.459 e. The molecule has 0 saturated carbocycles. The van der Waals surface area contributed by atoms with Gasteiger partial charge in [0.15, 0.2) is 11.5 Å². The molecule has 1 amide bonds. The first-order valence-electron chi connectivity index (χ1n) is 4.74. The number of hydrogen-bond acceptors (Lipinski definition) is 3. The van der Waals surface area contributed by atoms with Gasteiger partial charge in [-0.25, -0.2) is 4.99 Å². The van der Waals surface area contributed by atoms with Crippen molar-refractivity contribution in [3.63, 3.8) is 0 Å². The van der Waals surface area contributed by atoms with Crippen molar-refractivity contribution in [2.45, 2.75) is 6.92 Å². The number of rotatable bonds is 1. The van der Waals surface area contributed by atoms with Gasteiger partial charge in [0.1, 0.15) is 0 Å². The molecule has 80 valence electrons. The number of hydrogen-bond donors (Lipinski definition) is 0. The summed E-state index contributed by atoms with van der Waals surface area (Å²) in [6.45, 7) is 1.68. The Morgan fingerprint density at radius 1 is 1.38 bits per heavy atom. The number of carbonyl (C=O) groups is 2. The molecule has 0 fully saturated rings. The van der Waals surface area contributed by atoms with E-state index in [1.807, 2.05) is 0 Å². The lowest BCUT2D eigenvalue weighted by atomic mass is 10.1. The van der Waals surface area contributed by atoms with Crippen molar-refractivity contribution in [2.24, 2.45) is 4.99 Å². The second kappa shape index (κ2) is 4.10. The molecule has 2 rings (SSSR count). The van der Waals surface area contributed by atoms with E-state index in [4.69, 9.17) is 4.42 Å². The second-order valence-electron chi connectivity index (χ2n) is 3.34. The zero-order valence-electron chi connectivity index (χ0n) is 8.64. The van der Waals surface area contributed by atoms with Gasteiger partial charge in [-0.3, -0.25) is 9.59 Å². The van der Waals surface area contributed by atoms with Gasteiger partial charge in [-0.15, -0.1) is 0 Å². The van der Waals surface area contributed by atoms with Crippen molar-refractivity contribution in [3.8, 4) is 0 Å². The summed E-state index contributed by atoms with van der Waals surface area (Å²) < 4.78 is 4.92. The first kappa shape index (κ1) is 10.3. The number of nitrogens with zero attached hydrogens (tertiary/aromatic N) is 1. The molecule has 1 aliphatic rings. The van der Waals surface area contributed by atoms with Crippen molar-refractivity contribution >= 4 is 17.4 Å². The van der Waals surface area contributed by atoms with Crippen LogP contribution in [0, 0.1) is 0 Å². The lowest BCUT2D eigenvalue weighted by Crippen LogP contribution is -2.07. The van der Waals surface area contributed by atoms with Crippen molar-refractivity contribution < 1.29 is 14.0 Å². The van der Waals surface area contributed by atoms with Crippen molar-refractivity contribution in [3.05, 3.63) is 48.0 Å². The zero-order valence-corrected chi connectivity index (χ0v) is 8.64. The zero-order chi connectivity index (χ0) is 11.5. The van der Waals surface area contributed by atoms with Crippen molar-refractivity contribution in [2.75, 3.05) is 0 Å². The summed E-state index contributed by atoms with van der Waals surface area (Å²) in [4.78, 5) is 26.5. The van der Waals surface area contributed by atoms with E-state index in [9.17, 15) is 9.59 Å². The third-order valence-corrected chi connectivity index (χ3v) is 2.12. The summed E-state index contributed by atoms with van der Waals surface area (Å²) in [5, 5.41) is 0. The summed E-state index contributed by atoms with van der Waals surface area (Å²) in [7, 11) is 0. The van der Waals surface area contributed by atoms with Gasteiger partial charge in [0, 0.05) is 0 Å². The number of ketones is 1. The highest BCUT2D eigenvalue weighted by atomic mass is 16.3. The van der Waals surface area contributed by atoms with Crippen LogP contribution in [0.3, 0.4) is 0 Å². The highest BCUT2D eigenvalue weighted by Crippen LogP contribution is 2.07. The molecule has 0 saturated heterocycles. The Labute approximate surface area is 92.0 Å². The van der Waals surface area contributed by atoms with Crippen LogP contribution < -0.4 is 0 Å². The minimum Gasteiger partial charge on any atom is -0.459 e. The van der Waals surface area contributed by atoms with Crippen LogP contribution in [-0.2, 0) is 4.79 Å². The van der Waals surface area contributed by atoms with Gasteiger partial charge in [-0.05, 0) is 42.9 Å². The van der Waals surface area contributed by atoms with Crippen LogP contribution >= 0.6 is 0 Å². The van der Waals surface area contributed by atoms with Crippen molar-refractivity contribution in [1.82, 2.24) is 0 Å². The van der Waals surface area contributed by atoms with Crippen LogP contribution in [-0.4, -0.2) is 17.4 Å². The molecule has 0 unspecified atom stereocenters. The first-order valence-corrected chi connectivity index (χ1v) is 4.74. The minimum atomic E-state index is -0.456. The summed E-state index contributed by atoms with van der Waals surface area (Å²) in [5.41, 5.74) is 1.02. The number of carbonyl (C=O) groups excluding carboxylic acids is 2. The standard InChI is InChI=1S/C12H9NO3/c1-8-7-9(4-5-10(8)14)13-12(15)11-3-2-6-16-11/h2-7H,1H3. The SMILES string of the molecule is CC1=CC(=NC(=O)c2ccco2)C=CC1=O. The molecule has 0 radical (unpaired) electrons. The smallest absolute Gasteiger partial charge is 0.313 e. The van der Waals surface area contributed by atoms with Crippen LogP contribution in [0.5, 0.6) is 0 Å². The van der Waals surface area contributed by atoms with Gasteiger partial charge < -0.3 is 4.42 Å². The predicted octanol–water partition coefficient (Wildman–Crippen LogP) is 1.95. The molecule has 16 heavy (non-hydrogen) atoms. The number of amides is 1. The maximum absolute atomic E-state index is 11.5. The Hall–Kier alpha value is -2.23. The molecule has 0 bridgehead atoms. The highest BCUT2D eigenvalue weighted by Gasteiger charge is 2.11. The normalized spacial score (nSPS) is 17.7. The summed E-state index contributed by atoms with van der Waals surface area (Å²) in [5.74, 6) is -0.337. The van der Waals surface area contributed by atoms with E-state index in [2.05, 4.69) is 4.99 Å². The van der Waals surface area contributed by atoms with Crippen LogP contribution in [0.25, 0.3) is 0 Å². The molecule has 4 nitrogen and oxygen atoms in total. The molecule has 1 aromatic heterocycles. The van der Waals surface area contributed by atoms with E-state index in [0.29, 0.717) is 11.3 Å². The fourth-order valence-electron chi connectivity index (χ4n) is 1.28. The number of furan rings is 1. The van der Waals surface area contributed by atoms with E-state index < -0.39 is 5.91 Å². The molecule has 1 aliphatic carbocycles. The van der Waals surface area contributed by atoms with Gasteiger partial charge in [0.05, 0.1) is 12.0 Å². The molecule has 0 aliphatic heterocycles. The minimum absolute atomic E-state index is 0.0654. The van der Waals surface area contributed by atoms with Gasteiger partial charge in [-0.1, -0.05) is 0 Å². The Kier molecular flexibility index (Phi) is 2.64. The third kappa shape index (κ3) is 2.06. The third-order valence-electron chi connectivity index (χ3n) is 2.12. The summed E-state index contributed by atoms with van der Waals surface area (Å²) >= 11 is 0. The van der Waals surface area contributed by atoms with Gasteiger partial charge in [-0.2, -0.15) is 0 Å². The molecule has 0 aromatic carbocycles. The molecular formula is C12H9NO3. The molecular weight excluding hydrogens is 206 g/mol. The predicted molar refractivity (Wildman–Crippen MR) is 58.4 cm³/mol. The van der Waals surface area contributed by atoms with Crippen LogP contribution in [0.15, 0.2) is 51.6 Å². The number of allylic oxidation sites excluding steroid dienone is 4. The molecule has 0 atom stereocenters. The topological polar surface area (TPSA) is 59.6 Å². The Morgan fingerprint density at radius 2 is 2.19 bits per heavy atom. The van der Waals surface area contributed by atoms with Gasteiger partial charge in [0.25, 0.3) is 0 Å². The summed E-state index contributed by atoms with van der Waals surface area (Å²) in [6.07, 6.45) is 5.89. The Bertz CT molecular complexity index is 518. The fourth-order valence-corrected chi connectivity index (χ4v) is 1.28. The molecule has 1 aromatic rings. The highest BCUT2D eigenvalue weighted by molar-refractivity contribution is 6.21. The van der Waals surface area contributed by atoms with E-state index in [-0.39, 0.29) is 11.5 Å². The lowest BCUT2D eigenvalue weighted by molar-refractivity contribution is -0.111. The molecule has 4 heteroatoms. The average Bonchev–Trinajstić information content (AvgIpc) is 2.77. The average molecular weight is 215 g/mol. The van der Waals surface area contributed by atoms with E-state index in [0.717, 1.165) is 0 Å². The molecule has 0 N–H and O–H groups in total. The maximum Gasteiger partial charge on any atom is 0.313 e. The number of aliphatic imine (C=N–C) groups is 1. The van der Waals surface area contributed by atoms with Crippen LogP contribution in [0.1, 0.15) is 17.5 Å². The van der Waals surface area contributed by atoms with Crippen LogP contribution in [0.2, 0.25) is 0 Å². The first-order chi connectivity index (χ1) is 7.66. The molecule has 0 spiro atoms. The Balaban J connectivity index is 2.24. The quantitative estimate of drug-likeness (QED) is 0.672. The fraction of sp³-hybridized carbons (Fsp3) is 0.0833. The van der Waals surface area contributed by atoms with Gasteiger partial charge >= 0.3 is 5.91 Å².